The first-order valence-corrected chi connectivity index (χ1v) is 4.27. The monoisotopic (exact) mass is 214 g/mol. The summed E-state index contributed by atoms with van der Waals surface area (Å²) in [7, 11) is 4.24. The third kappa shape index (κ3) is 2.04. The Hall–Kier alpha value is -1.30. The van der Waals surface area contributed by atoms with Gasteiger partial charge >= 0.3 is 5.97 Å². The number of phenols is 2. The van der Waals surface area contributed by atoms with E-state index in [-0.39, 0.29) is 11.5 Å². The maximum atomic E-state index is 9.33. The molecule has 5 nitrogen and oxygen atoms in total. The molecule has 0 spiro atoms. The minimum Gasteiger partial charge on any atom is -0.504 e. The minimum atomic E-state index is -1.37. The summed E-state index contributed by atoms with van der Waals surface area (Å²) in [5.74, 6) is -1.84. The van der Waals surface area contributed by atoms with Crippen molar-refractivity contribution in [2.24, 2.45) is 0 Å². The average Bonchev–Trinajstić information content (AvgIpc) is 2.26. The molecule has 2 N–H and O–H groups in total. The van der Waals surface area contributed by atoms with Crippen molar-refractivity contribution in [3.8, 4) is 11.5 Å². The molecule has 0 fully saturated rings. The highest BCUT2D eigenvalue weighted by Gasteiger charge is 2.32. The molecule has 0 aromatic heterocycles. The molecule has 0 amide bonds. The van der Waals surface area contributed by atoms with E-state index in [2.05, 4.69) is 0 Å². The van der Waals surface area contributed by atoms with Crippen LogP contribution in [-0.4, -0.2) is 31.5 Å². The van der Waals surface area contributed by atoms with E-state index >= 15 is 0 Å². The minimum absolute atomic E-state index is 0.212. The fourth-order valence-electron chi connectivity index (χ4n) is 1.32. The van der Waals surface area contributed by atoms with Gasteiger partial charge in [0.15, 0.2) is 11.5 Å². The van der Waals surface area contributed by atoms with Gasteiger partial charge in [0.05, 0.1) is 0 Å². The molecule has 0 saturated carbocycles. The summed E-state index contributed by atoms with van der Waals surface area (Å²) in [6.07, 6.45) is 0. The highest BCUT2D eigenvalue weighted by molar-refractivity contribution is 5.41. The largest absolute Gasteiger partial charge is 0.504 e. The number of benzene rings is 1. The smallest absolute Gasteiger partial charge is 0.311 e. The number of ether oxygens (including phenoxy) is 3. The molecule has 0 atom stereocenters. The summed E-state index contributed by atoms with van der Waals surface area (Å²) in [4.78, 5) is 0. The fourth-order valence-corrected chi connectivity index (χ4v) is 1.32. The number of hydrogen-bond donors (Lipinski definition) is 2. The van der Waals surface area contributed by atoms with E-state index in [1.165, 1.54) is 39.5 Å². The van der Waals surface area contributed by atoms with Gasteiger partial charge in [0.2, 0.25) is 0 Å². The highest BCUT2D eigenvalue weighted by Crippen LogP contribution is 2.33. The van der Waals surface area contributed by atoms with E-state index in [0.717, 1.165) is 0 Å². The van der Waals surface area contributed by atoms with Crippen molar-refractivity contribution in [3.63, 3.8) is 0 Å². The second kappa shape index (κ2) is 4.48. The van der Waals surface area contributed by atoms with E-state index in [1.807, 2.05) is 0 Å². The molecule has 0 aliphatic rings. The van der Waals surface area contributed by atoms with Gasteiger partial charge in [-0.05, 0) is 18.2 Å². The van der Waals surface area contributed by atoms with Gasteiger partial charge in [0.25, 0.3) is 0 Å². The van der Waals surface area contributed by atoms with E-state index < -0.39 is 5.97 Å². The molecule has 1 aromatic rings. The van der Waals surface area contributed by atoms with Crippen LogP contribution in [0.4, 0.5) is 0 Å². The molecule has 1 aromatic carbocycles. The molecule has 5 heteroatoms. The lowest BCUT2D eigenvalue weighted by Gasteiger charge is -2.28. The Labute approximate surface area is 87.8 Å². The third-order valence-corrected chi connectivity index (χ3v) is 2.14. The molecule has 0 unspecified atom stereocenters. The quantitative estimate of drug-likeness (QED) is 0.581. The SMILES string of the molecule is COC(OC)(OC)c1ccc(O)c(O)c1. The van der Waals surface area contributed by atoms with Gasteiger partial charge in [-0.2, -0.15) is 0 Å². The van der Waals surface area contributed by atoms with Gasteiger partial charge in [-0.15, -0.1) is 0 Å². The lowest BCUT2D eigenvalue weighted by atomic mass is 10.1. The summed E-state index contributed by atoms with van der Waals surface area (Å²) >= 11 is 0. The first kappa shape index (κ1) is 11.8. The summed E-state index contributed by atoms with van der Waals surface area (Å²) < 4.78 is 15.2. The first-order valence-electron chi connectivity index (χ1n) is 4.27. The zero-order chi connectivity index (χ0) is 11.5. The van der Waals surface area contributed by atoms with Crippen LogP contribution in [0.5, 0.6) is 11.5 Å². The van der Waals surface area contributed by atoms with E-state index in [1.54, 1.807) is 0 Å². The predicted octanol–water partition coefficient (Wildman–Crippen LogP) is 1.15. The Morgan fingerprint density at radius 3 is 1.87 bits per heavy atom. The fraction of sp³-hybridized carbons (Fsp3) is 0.400. The number of aromatic hydroxyl groups is 2. The molecule has 15 heavy (non-hydrogen) atoms. The zero-order valence-corrected chi connectivity index (χ0v) is 8.85. The number of methoxy groups -OCH3 is 3. The molecule has 0 saturated heterocycles. The van der Waals surface area contributed by atoms with Crippen molar-refractivity contribution in [2.75, 3.05) is 21.3 Å². The zero-order valence-electron chi connectivity index (χ0n) is 8.85. The lowest BCUT2D eigenvalue weighted by molar-refractivity contribution is -0.364. The van der Waals surface area contributed by atoms with Gasteiger partial charge in [0.1, 0.15) is 0 Å². The van der Waals surface area contributed by atoms with Crippen molar-refractivity contribution in [3.05, 3.63) is 23.8 Å². The van der Waals surface area contributed by atoms with Gasteiger partial charge in [-0.3, -0.25) is 0 Å². The topological polar surface area (TPSA) is 68.2 Å². The highest BCUT2D eigenvalue weighted by atomic mass is 16.9. The second-order valence-corrected chi connectivity index (χ2v) is 2.87. The number of rotatable bonds is 4. The van der Waals surface area contributed by atoms with Crippen LogP contribution in [0.1, 0.15) is 5.56 Å². The number of phenolic OH excluding ortho intramolecular Hbond substituents is 2. The van der Waals surface area contributed by atoms with Gasteiger partial charge in [-0.25, -0.2) is 0 Å². The van der Waals surface area contributed by atoms with Crippen molar-refractivity contribution in [2.45, 2.75) is 5.97 Å². The molecule has 0 radical (unpaired) electrons. The Morgan fingerprint density at radius 1 is 0.933 bits per heavy atom. The maximum Gasteiger partial charge on any atom is 0.311 e. The van der Waals surface area contributed by atoms with E-state index in [0.29, 0.717) is 5.56 Å². The molecule has 0 aliphatic carbocycles. The van der Waals surface area contributed by atoms with Crippen molar-refractivity contribution in [1.82, 2.24) is 0 Å². The van der Waals surface area contributed by atoms with Gasteiger partial charge < -0.3 is 24.4 Å². The van der Waals surface area contributed by atoms with Crippen LogP contribution < -0.4 is 0 Å². The second-order valence-electron chi connectivity index (χ2n) is 2.87. The summed E-state index contributed by atoms with van der Waals surface area (Å²) in [6, 6.07) is 4.17. The molecule has 0 bridgehead atoms. The Bertz CT molecular complexity index is 324. The molecule has 1 rings (SSSR count). The standard InChI is InChI=1S/C10H14O5/c1-13-10(14-2,15-3)7-4-5-8(11)9(12)6-7/h4-6,11-12H,1-3H3. The molecule has 0 heterocycles. The summed E-state index contributed by atoms with van der Waals surface area (Å²) in [6.45, 7) is 0. The van der Waals surface area contributed by atoms with Crippen LogP contribution in [0, 0.1) is 0 Å². The number of hydrogen-bond acceptors (Lipinski definition) is 5. The van der Waals surface area contributed by atoms with Crippen molar-refractivity contribution < 1.29 is 24.4 Å². The summed E-state index contributed by atoms with van der Waals surface area (Å²) in [5, 5.41) is 18.5. The molecule has 84 valence electrons. The van der Waals surface area contributed by atoms with Crippen LogP contribution in [0.3, 0.4) is 0 Å². The Kier molecular flexibility index (Phi) is 3.52. The molecular weight excluding hydrogens is 200 g/mol. The van der Waals surface area contributed by atoms with Crippen LogP contribution in [-0.2, 0) is 20.2 Å². The normalized spacial score (nSPS) is 11.7. The first-order chi connectivity index (χ1) is 7.09. The maximum absolute atomic E-state index is 9.33. The van der Waals surface area contributed by atoms with Gasteiger partial charge in [-0.1, -0.05) is 0 Å². The third-order valence-electron chi connectivity index (χ3n) is 2.14. The van der Waals surface area contributed by atoms with Crippen LogP contribution in [0.25, 0.3) is 0 Å². The van der Waals surface area contributed by atoms with Crippen LogP contribution in [0.15, 0.2) is 18.2 Å². The predicted molar refractivity (Wildman–Crippen MR) is 52.5 cm³/mol. The average molecular weight is 214 g/mol. The summed E-state index contributed by atoms with van der Waals surface area (Å²) in [5.41, 5.74) is 0.449. The lowest BCUT2D eigenvalue weighted by Crippen LogP contribution is -2.32. The Morgan fingerprint density at radius 2 is 1.47 bits per heavy atom. The van der Waals surface area contributed by atoms with Crippen LogP contribution in [0.2, 0.25) is 0 Å². The van der Waals surface area contributed by atoms with Gasteiger partial charge in [0, 0.05) is 26.9 Å². The molecule has 0 aliphatic heterocycles. The van der Waals surface area contributed by atoms with Crippen LogP contribution >= 0.6 is 0 Å². The van der Waals surface area contributed by atoms with E-state index in [9.17, 15) is 5.11 Å². The molecular formula is C10H14O5. The van der Waals surface area contributed by atoms with Crippen molar-refractivity contribution >= 4 is 0 Å². The van der Waals surface area contributed by atoms with Crippen molar-refractivity contribution in [1.29, 1.82) is 0 Å². The Balaban J connectivity index is 3.17. The van der Waals surface area contributed by atoms with E-state index in [4.69, 9.17) is 19.3 Å².